The van der Waals surface area contributed by atoms with Crippen LogP contribution in [0.4, 0.5) is 11.4 Å². The molecule has 0 N–H and O–H groups in total. The molecule has 0 aliphatic rings. The second-order valence-corrected chi connectivity index (χ2v) is 19.4. The van der Waals surface area contributed by atoms with Crippen LogP contribution in [0.15, 0.2) is 58.5 Å². The van der Waals surface area contributed by atoms with Crippen LogP contribution in [0, 0.1) is 0 Å². The van der Waals surface area contributed by atoms with Crippen molar-refractivity contribution in [2.24, 2.45) is 9.98 Å². The van der Waals surface area contributed by atoms with Crippen molar-refractivity contribution in [1.29, 1.82) is 0 Å². The largest absolute Gasteiger partial charge is 0.251 e. The summed E-state index contributed by atoms with van der Waals surface area (Å²) in [6, 6.07) is 14.4. The van der Waals surface area contributed by atoms with Crippen molar-refractivity contribution in [3.63, 3.8) is 0 Å². The minimum atomic E-state index is 0. The van der Waals surface area contributed by atoms with Crippen LogP contribution in [0.5, 0.6) is 0 Å². The van der Waals surface area contributed by atoms with Crippen LogP contribution in [0.2, 0.25) is 0 Å². The van der Waals surface area contributed by atoms with Gasteiger partial charge in [0.05, 0.1) is 22.8 Å². The zero-order chi connectivity index (χ0) is 45.3. The van der Waals surface area contributed by atoms with Gasteiger partial charge >= 0.3 is 0 Å². The predicted molar refractivity (Wildman–Crippen MR) is 287 cm³/mol. The average molecular weight is 924 g/mol. The summed E-state index contributed by atoms with van der Waals surface area (Å²) in [5.41, 5.74) is 10.6. The van der Waals surface area contributed by atoms with Gasteiger partial charge in [-0.2, -0.15) is 0 Å². The number of rotatable bonds is 43. The molecule has 0 bridgehead atoms. The Morgan fingerprint density at radius 2 is 0.688 bits per heavy atom. The summed E-state index contributed by atoms with van der Waals surface area (Å²) < 4.78 is 0. The van der Waals surface area contributed by atoms with Crippen LogP contribution in [0.25, 0.3) is 0 Å². The summed E-state index contributed by atoms with van der Waals surface area (Å²) >= 11 is 0. The van der Waals surface area contributed by atoms with E-state index in [0.29, 0.717) is 0 Å². The van der Waals surface area contributed by atoms with Crippen LogP contribution in [-0.4, -0.2) is 11.4 Å². The van der Waals surface area contributed by atoms with Crippen molar-refractivity contribution in [2.75, 3.05) is 0 Å². The second kappa shape index (κ2) is 43.6. The Bertz CT molecular complexity index is 1450. The molecule has 0 aromatic heterocycles. The van der Waals surface area contributed by atoms with E-state index in [2.05, 4.69) is 90.1 Å². The summed E-state index contributed by atoms with van der Waals surface area (Å²) in [5, 5.41) is 0. The Morgan fingerprint density at radius 1 is 0.359 bits per heavy atom. The number of nitrogens with zero attached hydrogens (tertiary/aromatic N) is 2. The maximum atomic E-state index is 5.60. The van der Waals surface area contributed by atoms with E-state index in [-0.39, 0.29) is 16.5 Å². The molecule has 0 atom stereocenters. The first-order chi connectivity index (χ1) is 31.1. The van der Waals surface area contributed by atoms with Gasteiger partial charge in [0.1, 0.15) is 0 Å². The summed E-state index contributed by atoms with van der Waals surface area (Å²) in [6.07, 6.45) is 55.8. The van der Waals surface area contributed by atoms with Gasteiger partial charge in [0.2, 0.25) is 0 Å². The quantitative estimate of drug-likeness (QED) is 0.0360. The Balaban J connectivity index is 0.0000205. The number of allylic oxidation sites excluding steroid dienone is 2. The predicted octanol–water partition coefficient (Wildman–Crippen LogP) is 21.0. The number of aliphatic imine (C=N–C) groups is 2. The molecular weight excluding hydrogens is 819 g/mol. The number of hydrogen-bond acceptors (Lipinski definition) is 2. The molecule has 0 unspecified atom stereocenters. The third kappa shape index (κ3) is 30.3. The molecule has 2 nitrogen and oxygen atoms in total. The van der Waals surface area contributed by atoms with Crippen LogP contribution in [-0.2, 0) is 42.2 Å². The normalized spacial score (nSPS) is 12.2. The molecular formula is C61H104N2Ni. The third-order valence-corrected chi connectivity index (χ3v) is 13.4. The molecule has 0 amide bonds. The molecule has 0 saturated carbocycles. The van der Waals surface area contributed by atoms with Crippen molar-refractivity contribution in [2.45, 2.75) is 292 Å². The van der Waals surface area contributed by atoms with Crippen LogP contribution >= 0.6 is 0 Å². The van der Waals surface area contributed by atoms with Gasteiger partial charge in [0.15, 0.2) is 0 Å². The van der Waals surface area contributed by atoms with Crippen LogP contribution < -0.4 is 0 Å². The van der Waals surface area contributed by atoms with Crippen molar-refractivity contribution < 1.29 is 16.5 Å². The van der Waals surface area contributed by atoms with E-state index in [4.69, 9.17) is 9.98 Å². The Morgan fingerprint density at radius 3 is 1.09 bits per heavy atom. The van der Waals surface area contributed by atoms with Gasteiger partial charge in [-0.3, -0.25) is 4.99 Å². The zero-order valence-corrected chi connectivity index (χ0v) is 44.4. The summed E-state index contributed by atoms with van der Waals surface area (Å²) in [6.45, 7) is 13.9. The van der Waals surface area contributed by atoms with E-state index in [9.17, 15) is 0 Å². The van der Waals surface area contributed by atoms with E-state index >= 15 is 0 Å². The van der Waals surface area contributed by atoms with E-state index in [1.54, 1.807) is 11.1 Å². The molecule has 0 aliphatic carbocycles. The molecule has 0 radical (unpaired) electrons. The monoisotopic (exact) mass is 923 g/mol. The molecule has 2 rings (SSSR count). The summed E-state index contributed by atoms with van der Waals surface area (Å²) in [4.78, 5) is 11.2. The SMILES string of the molecule is CCCCCCCCCCCCCCCCC/C=C/C(=Nc1ccc(CCCCC)c(CCCCC)c1)C(CCCCCCCC)=Nc1ccc(CCCCC)c(CCCCC)c1.[Ni]. The fraction of sp³-hybridized carbons (Fsp3) is 0.738. The van der Waals surface area contributed by atoms with Crippen molar-refractivity contribution in [3.05, 3.63) is 70.8 Å². The number of benzene rings is 2. The van der Waals surface area contributed by atoms with Gasteiger partial charge < -0.3 is 0 Å². The molecule has 0 heterocycles. The van der Waals surface area contributed by atoms with Gasteiger partial charge in [-0.05, 0) is 130 Å². The van der Waals surface area contributed by atoms with E-state index in [0.717, 1.165) is 42.8 Å². The molecule has 0 aliphatic heterocycles. The van der Waals surface area contributed by atoms with Gasteiger partial charge in [0.25, 0.3) is 0 Å². The molecule has 64 heavy (non-hydrogen) atoms. The van der Waals surface area contributed by atoms with Crippen LogP contribution in [0.3, 0.4) is 0 Å². The number of unbranched alkanes of at least 4 members (excludes halogenated alkanes) is 28. The van der Waals surface area contributed by atoms with Crippen molar-refractivity contribution >= 4 is 22.8 Å². The molecule has 368 valence electrons. The van der Waals surface area contributed by atoms with Gasteiger partial charge in [0, 0.05) is 16.5 Å². The first-order valence-corrected chi connectivity index (χ1v) is 28.2. The topological polar surface area (TPSA) is 24.7 Å². The van der Waals surface area contributed by atoms with Crippen LogP contribution in [0.1, 0.15) is 289 Å². The standard InChI is InChI=1S/C61H104N2.Ni/c1-7-13-19-21-23-24-25-26-27-28-29-30-31-32-33-35-41-47-61(63-59-51-49-55(43-37-16-10-4)57(53-59)45-39-18-12-6)60(46-40-34-22-20-14-8-2)62-58-50-48-54(42-36-15-9-3)56(52-58)44-38-17-11-5;/h41,47-53H,7-40,42-46H2,1-6H3;/b47-41+,62-60?,63-61?;. The van der Waals surface area contributed by atoms with E-state index in [1.807, 2.05) is 0 Å². The van der Waals surface area contributed by atoms with Gasteiger partial charge in [-0.1, -0.05) is 233 Å². The van der Waals surface area contributed by atoms with Crippen molar-refractivity contribution in [1.82, 2.24) is 0 Å². The maximum absolute atomic E-state index is 5.60. The molecule has 0 fully saturated rings. The molecule has 0 saturated heterocycles. The van der Waals surface area contributed by atoms with Gasteiger partial charge in [-0.15, -0.1) is 0 Å². The van der Waals surface area contributed by atoms with E-state index < -0.39 is 0 Å². The molecule has 3 heteroatoms. The smallest absolute Gasteiger partial charge is 0.0848 e. The number of hydrogen-bond donors (Lipinski definition) is 0. The summed E-state index contributed by atoms with van der Waals surface area (Å²) in [7, 11) is 0. The minimum absolute atomic E-state index is 0. The van der Waals surface area contributed by atoms with Gasteiger partial charge in [-0.25, -0.2) is 4.99 Å². The molecule has 2 aromatic rings. The number of aryl methyl sites for hydroxylation is 4. The average Bonchev–Trinajstić information content (AvgIpc) is 3.29. The minimum Gasteiger partial charge on any atom is -0.251 e. The molecule has 0 spiro atoms. The second-order valence-electron chi connectivity index (χ2n) is 19.4. The Kier molecular flexibility index (Phi) is 40.9. The van der Waals surface area contributed by atoms with E-state index in [1.165, 1.54) is 242 Å². The van der Waals surface area contributed by atoms with Crippen molar-refractivity contribution in [3.8, 4) is 0 Å². The Labute approximate surface area is 410 Å². The fourth-order valence-electron chi connectivity index (χ4n) is 9.21. The first-order valence-electron chi connectivity index (χ1n) is 28.2. The fourth-order valence-corrected chi connectivity index (χ4v) is 9.21. The maximum Gasteiger partial charge on any atom is 0.0848 e. The molecule has 2 aromatic carbocycles. The third-order valence-electron chi connectivity index (χ3n) is 13.4. The Hall–Kier alpha value is -1.99. The summed E-state index contributed by atoms with van der Waals surface area (Å²) in [5.74, 6) is 0. The zero-order valence-electron chi connectivity index (χ0n) is 43.4. The first kappa shape index (κ1) is 60.0.